The fraction of sp³-hybridized carbons (Fsp3) is 0.959. The summed E-state index contributed by atoms with van der Waals surface area (Å²) in [6.45, 7) is 5.81. The van der Waals surface area contributed by atoms with Crippen molar-refractivity contribution >= 4 is 5.91 Å². The van der Waals surface area contributed by atoms with Crippen molar-refractivity contribution in [1.82, 2.24) is 5.32 Å². The predicted octanol–water partition coefficient (Wildman–Crippen LogP) is 22.6. The van der Waals surface area contributed by atoms with Crippen LogP contribution in [0.4, 0.5) is 0 Å². The van der Waals surface area contributed by atoms with E-state index in [2.05, 4.69) is 19.2 Å². The van der Waals surface area contributed by atoms with Crippen LogP contribution < -0.4 is 5.32 Å². The van der Waals surface area contributed by atoms with E-state index in [4.69, 9.17) is 9.47 Å². The molecule has 0 aromatic carbocycles. The molecular formula is C73H145NO6. The summed E-state index contributed by atoms with van der Waals surface area (Å²) in [6.07, 6.45) is 83.4. The van der Waals surface area contributed by atoms with E-state index in [1.165, 1.54) is 340 Å². The van der Waals surface area contributed by atoms with E-state index in [0.29, 0.717) is 19.8 Å². The van der Waals surface area contributed by atoms with Crippen molar-refractivity contribution < 1.29 is 29.6 Å². The number of ether oxygens (including phenoxy) is 2. The number of nitrogens with one attached hydrogen (secondary N) is 1. The minimum atomic E-state index is -0.841. The maximum atomic E-state index is 12.5. The maximum absolute atomic E-state index is 12.5. The molecule has 7 nitrogen and oxygen atoms in total. The maximum Gasteiger partial charge on any atom is 0.220 e. The first-order valence-electron chi connectivity index (χ1n) is 36.6. The van der Waals surface area contributed by atoms with E-state index in [-0.39, 0.29) is 18.6 Å². The molecule has 0 bridgehead atoms. The lowest BCUT2D eigenvalue weighted by atomic mass is 10.0. The largest absolute Gasteiger partial charge is 0.394 e. The topological polar surface area (TPSA) is 108 Å². The first-order chi connectivity index (χ1) is 39.5. The number of carbonyl (C=O) groups is 1. The summed E-state index contributed by atoms with van der Waals surface area (Å²) in [7, 11) is 0. The number of unbranched alkanes of at least 4 members (excludes halogenated alkanes) is 56. The minimum absolute atomic E-state index is 0.0630. The molecule has 3 atom stereocenters. The summed E-state index contributed by atoms with van der Waals surface area (Å²) >= 11 is 0. The summed E-state index contributed by atoms with van der Waals surface area (Å²) < 4.78 is 11.3. The van der Waals surface area contributed by atoms with Gasteiger partial charge in [-0.3, -0.25) is 4.79 Å². The number of aliphatic hydroxyl groups is 3. The third kappa shape index (κ3) is 66.2. The van der Waals surface area contributed by atoms with Crippen LogP contribution in [0.15, 0.2) is 12.2 Å². The lowest BCUT2D eigenvalue weighted by Gasteiger charge is -2.20. The monoisotopic (exact) mass is 1130 g/mol. The van der Waals surface area contributed by atoms with Gasteiger partial charge in [0.15, 0.2) is 0 Å². The average Bonchev–Trinajstić information content (AvgIpc) is 3.46. The zero-order chi connectivity index (χ0) is 57.8. The molecule has 0 aromatic heterocycles. The Labute approximate surface area is 501 Å². The summed E-state index contributed by atoms with van der Waals surface area (Å²) in [5.41, 5.74) is 0. The molecule has 0 saturated carbocycles. The molecule has 478 valence electrons. The highest BCUT2D eigenvalue weighted by Crippen LogP contribution is 2.19. The summed E-state index contributed by atoms with van der Waals surface area (Å²) in [6, 6.07) is -0.624. The van der Waals surface area contributed by atoms with Crippen LogP contribution in [0.5, 0.6) is 0 Å². The molecule has 0 aromatic rings. The van der Waals surface area contributed by atoms with Crippen molar-refractivity contribution in [2.75, 3.05) is 26.6 Å². The molecule has 4 N–H and O–H groups in total. The van der Waals surface area contributed by atoms with Gasteiger partial charge in [0.2, 0.25) is 5.91 Å². The van der Waals surface area contributed by atoms with E-state index in [9.17, 15) is 20.1 Å². The molecule has 3 unspecified atom stereocenters. The van der Waals surface area contributed by atoms with Gasteiger partial charge in [-0.25, -0.2) is 0 Å². The van der Waals surface area contributed by atoms with Gasteiger partial charge >= 0.3 is 0 Å². The second-order valence-electron chi connectivity index (χ2n) is 25.5. The first-order valence-corrected chi connectivity index (χ1v) is 36.6. The Morgan fingerprint density at radius 3 is 0.988 bits per heavy atom. The van der Waals surface area contributed by atoms with Crippen LogP contribution in [0.25, 0.3) is 0 Å². The zero-order valence-corrected chi connectivity index (χ0v) is 54.4. The minimum Gasteiger partial charge on any atom is -0.394 e. The van der Waals surface area contributed by atoms with E-state index in [1.807, 2.05) is 6.08 Å². The molecule has 0 radical (unpaired) electrons. The van der Waals surface area contributed by atoms with Crippen LogP contribution in [-0.2, 0) is 14.3 Å². The molecule has 0 spiro atoms. The number of rotatable bonds is 71. The van der Waals surface area contributed by atoms with Crippen LogP contribution in [0.1, 0.15) is 406 Å². The van der Waals surface area contributed by atoms with E-state index >= 15 is 0 Å². The Morgan fingerprint density at radius 1 is 0.375 bits per heavy atom. The number of hydrogen-bond acceptors (Lipinski definition) is 6. The number of amides is 1. The second kappa shape index (κ2) is 70.5. The average molecular weight is 1130 g/mol. The van der Waals surface area contributed by atoms with Gasteiger partial charge in [0.1, 0.15) is 6.79 Å². The van der Waals surface area contributed by atoms with E-state index < -0.39 is 12.1 Å². The molecular weight excluding hydrogens is 987 g/mol. The van der Waals surface area contributed by atoms with Gasteiger partial charge in [0, 0.05) is 13.0 Å². The van der Waals surface area contributed by atoms with Gasteiger partial charge in [0.25, 0.3) is 0 Å². The lowest BCUT2D eigenvalue weighted by Crippen LogP contribution is -2.45. The zero-order valence-electron chi connectivity index (χ0n) is 54.4. The van der Waals surface area contributed by atoms with Gasteiger partial charge in [0.05, 0.1) is 31.5 Å². The Kier molecular flexibility index (Phi) is 69.6. The van der Waals surface area contributed by atoms with Crippen LogP contribution in [0.3, 0.4) is 0 Å². The van der Waals surface area contributed by atoms with Crippen molar-refractivity contribution in [3.05, 3.63) is 12.2 Å². The smallest absolute Gasteiger partial charge is 0.220 e. The van der Waals surface area contributed by atoms with E-state index in [1.54, 1.807) is 6.08 Å². The Morgan fingerprint density at radius 2 is 0.662 bits per heavy atom. The SMILES string of the molecule is CCCCCCCCCCCCC/C=C/C(O)C(CO)NC(=O)CCCCCCCCCCCCCCCCCCCCCCCCCCCCCOCOCC(O)CCCCCCCCCCCCCCCCCCCCCC. The number of hydrogen-bond donors (Lipinski definition) is 4. The summed E-state index contributed by atoms with van der Waals surface area (Å²) in [4.78, 5) is 12.5. The van der Waals surface area contributed by atoms with E-state index in [0.717, 1.165) is 51.6 Å². The molecule has 0 saturated heterocycles. The van der Waals surface area contributed by atoms with Crippen molar-refractivity contribution in [1.29, 1.82) is 0 Å². The fourth-order valence-electron chi connectivity index (χ4n) is 11.7. The normalized spacial score (nSPS) is 13.0. The molecule has 1 amide bonds. The van der Waals surface area contributed by atoms with Gasteiger partial charge in [-0.05, 0) is 32.1 Å². The Hall–Kier alpha value is -0.990. The van der Waals surface area contributed by atoms with Gasteiger partial charge < -0.3 is 30.1 Å². The molecule has 0 aliphatic heterocycles. The molecule has 0 rings (SSSR count). The van der Waals surface area contributed by atoms with Crippen LogP contribution in [0, 0.1) is 0 Å². The predicted molar refractivity (Wildman–Crippen MR) is 350 cm³/mol. The third-order valence-electron chi connectivity index (χ3n) is 17.3. The second-order valence-corrected chi connectivity index (χ2v) is 25.5. The lowest BCUT2D eigenvalue weighted by molar-refractivity contribution is -0.123. The summed E-state index contributed by atoms with van der Waals surface area (Å²) in [5.74, 6) is -0.0630. The highest BCUT2D eigenvalue weighted by molar-refractivity contribution is 5.76. The Bertz CT molecular complexity index is 1170. The fourth-order valence-corrected chi connectivity index (χ4v) is 11.7. The van der Waals surface area contributed by atoms with Crippen molar-refractivity contribution in [2.24, 2.45) is 0 Å². The molecule has 0 aliphatic rings. The van der Waals surface area contributed by atoms with Crippen molar-refractivity contribution in [3.8, 4) is 0 Å². The molecule has 80 heavy (non-hydrogen) atoms. The van der Waals surface area contributed by atoms with Crippen molar-refractivity contribution in [3.63, 3.8) is 0 Å². The molecule has 0 heterocycles. The van der Waals surface area contributed by atoms with Gasteiger partial charge in [-0.15, -0.1) is 0 Å². The summed E-state index contributed by atoms with van der Waals surface area (Å²) in [5, 5.41) is 33.4. The number of aliphatic hydroxyl groups excluding tert-OH is 3. The van der Waals surface area contributed by atoms with Crippen LogP contribution in [-0.4, -0.2) is 66.1 Å². The molecule has 0 aliphatic carbocycles. The molecule has 7 heteroatoms. The number of allylic oxidation sites excluding steroid dienone is 1. The van der Waals surface area contributed by atoms with Gasteiger partial charge in [-0.1, -0.05) is 379 Å². The standard InChI is InChI=1S/C73H145NO6/c1-3-5-7-9-11-13-15-17-18-19-20-30-33-36-40-43-47-51-55-59-63-70(76)68-80-69-79-66-62-58-54-50-46-42-38-35-32-29-27-25-23-21-22-24-26-28-31-34-37-41-45-49-53-57-61-65-73(78)74-71(67-75)72(77)64-60-56-52-48-44-39-16-14-12-10-8-6-4-2/h60,64,70-72,75-77H,3-59,61-63,65-69H2,1-2H3,(H,74,78)/b64-60+. The van der Waals surface area contributed by atoms with Crippen molar-refractivity contribution in [2.45, 2.75) is 424 Å². The quantitative estimate of drug-likeness (QED) is 0.0275. The Balaban J connectivity index is 3.30. The van der Waals surface area contributed by atoms with Gasteiger partial charge in [-0.2, -0.15) is 0 Å². The highest BCUT2D eigenvalue weighted by Gasteiger charge is 2.18. The first kappa shape index (κ1) is 79.0. The third-order valence-corrected chi connectivity index (χ3v) is 17.3. The van der Waals surface area contributed by atoms with Crippen LogP contribution >= 0.6 is 0 Å². The van der Waals surface area contributed by atoms with Crippen LogP contribution in [0.2, 0.25) is 0 Å². The highest BCUT2D eigenvalue weighted by atomic mass is 16.7. The molecule has 0 fully saturated rings. The number of carbonyl (C=O) groups excluding carboxylic acids is 1.